The monoisotopic (exact) mass is 301 g/mol. The zero-order valence-corrected chi connectivity index (χ0v) is 12.2. The van der Waals surface area contributed by atoms with Crippen molar-refractivity contribution in [1.29, 1.82) is 0 Å². The zero-order chi connectivity index (χ0) is 13.1. The summed E-state index contributed by atoms with van der Waals surface area (Å²) in [5, 5.41) is 5.35. The van der Waals surface area contributed by atoms with Crippen LogP contribution in [0.3, 0.4) is 0 Å². The molecule has 1 aromatic carbocycles. The molecule has 0 amide bonds. The van der Waals surface area contributed by atoms with Gasteiger partial charge in [0, 0.05) is 16.1 Å². The Hall–Kier alpha value is -0.680. The van der Waals surface area contributed by atoms with E-state index >= 15 is 0 Å². The van der Waals surface area contributed by atoms with E-state index in [0.717, 1.165) is 22.6 Å². The van der Waals surface area contributed by atoms with Gasteiger partial charge in [0.15, 0.2) is 0 Å². The van der Waals surface area contributed by atoms with Crippen molar-refractivity contribution in [2.75, 3.05) is 0 Å². The van der Waals surface area contributed by atoms with E-state index in [2.05, 4.69) is 9.59 Å². The van der Waals surface area contributed by atoms with Crippen molar-refractivity contribution in [2.45, 2.75) is 25.8 Å². The largest absolute Gasteiger partial charge is 0.323 e. The molecule has 0 saturated carbocycles. The molecule has 0 radical (unpaired) electrons. The topological polar surface area (TPSA) is 51.8 Å². The lowest BCUT2D eigenvalue weighted by Crippen LogP contribution is -2.14. The average Bonchev–Trinajstić information content (AvgIpc) is 2.81. The molecule has 0 bridgehead atoms. The maximum atomic E-state index is 6.19. The van der Waals surface area contributed by atoms with Crippen LogP contribution in [-0.2, 0) is 12.8 Å². The summed E-state index contributed by atoms with van der Waals surface area (Å²) in [5.74, 6) is 0. The Morgan fingerprint density at radius 1 is 1.39 bits per heavy atom. The van der Waals surface area contributed by atoms with Crippen molar-refractivity contribution in [2.24, 2.45) is 5.73 Å². The average molecular weight is 302 g/mol. The van der Waals surface area contributed by atoms with Gasteiger partial charge in [0.1, 0.15) is 0 Å². The number of benzene rings is 1. The van der Waals surface area contributed by atoms with Crippen molar-refractivity contribution in [1.82, 2.24) is 9.59 Å². The molecule has 1 atom stereocenters. The first-order valence-electron chi connectivity index (χ1n) is 5.62. The van der Waals surface area contributed by atoms with Crippen LogP contribution in [0.25, 0.3) is 0 Å². The van der Waals surface area contributed by atoms with E-state index in [1.54, 1.807) is 6.07 Å². The van der Waals surface area contributed by atoms with Crippen molar-refractivity contribution in [3.05, 3.63) is 44.4 Å². The second-order valence-corrected chi connectivity index (χ2v) is 5.61. The molecule has 2 N–H and O–H groups in total. The third-order valence-electron chi connectivity index (χ3n) is 2.71. The lowest BCUT2D eigenvalue weighted by atomic mass is 10.0. The van der Waals surface area contributed by atoms with Crippen LogP contribution in [0.2, 0.25) is 10.0 Å². The minimum atomic E-state index is -0.126. The van der Waals surface area contributed by atoms with Gasteiger partial charge in [-0.2, -0.15) is 0 Å². The number of rotatable bonds is 4. The molecule has 18 heavy (non-hydrogen) atoms. The van der Waals surface area contributed by atoms with Gasteiger partial charge < -0.3 is 5.73 Å². The smallest absolute Gasteiger partial charge is 0.0801 e. The van der Waals surface area contributed by atoms with E-state index in [1.165, 1.54) is 11.5 Å². The number of nitrogens with two attached hydrogens (primary N) is 1. The molecule has 2 rings (SSSR count). The third-order valence-corrected chi connectivity index (χ3v) is 4.20. The van der Waals surface area contributed by atoms with Crippen LogP contribution in [0, 0.1) is 0 Å². The molecule has 2 aromatic rings. The minimum Gasteiger partial charge on any atom is -0.323 e. The van der Waals surface area contributed by atoms with Gasteiger partial charge in [-0.25, -0.2) is 0 Å². The van der Waals surface area contributed by atoms with E-state index in [0.29, 0.717) is 16.5 Å². The fourth-order valence-corrected chi connectivity index (χ4v) is 2.98. The molecule has 96 valence electrons. The third kappa shape index (κ3) is 3.01. The summed E-state index contributed by atoms with van der Waals surface area (Å²) in [4.78, 5) is 1.03. The molecular formula is C12H13Cl2N3S. The van der Waals surface area contributed by atoms with E-state index in [9.17, 15) is 0 Å². The molecule has 0 saturated heterocycles. The van der Waals surface area contributed by atoms with Crippen LogP contribution in [0.5, 0.6) is 0 Å². The first-order chi connectivity index (χ1) is 8.61. The zero-order valence-electron chi connectivity index (χ0n) is 9.86. The number of aryl methyl sites for hydroxylation is 1. The van der Waals surface area contributed by atoms with Crippen molar-refractivity contribution < 1.29 is 0 Å². The molecule has 0 aliphatic heterocycles. The first-order valence-corrected chi connectivity index (χ1v) is 7.15. The second kappa shape index (κ2) is 5.97. The Morgan fingerprint density at radius 3 is 2.83 bits per heavy atom. The lowest BCUT2D eigenvalue weighted by Gasteiger charge is -2.11. The summed E-state index contributed by atoms with van der Waals surface area (Å²) < 4.78 is 3.95. The van der Waals surface area contributed by atoms with Gasteiger partial charge in [-0.1, -0.05) is 40.7 Å². The summed E-state index contributed by atoms with van der Waals surface area (Å²) in [6.07, 6.45) is 1.50. The Morgan fingerprint density at radius 2 is 2.17 bits per heavy atom. The molecule has 0 spiro atoms. The predicted octanol–water partition coefficient (Wildman–Crippen LogP) is 3.65. The molecule has 3 nitrogen and oxygen atoms in total. The van der Waals surface area contributed by atoms with Gasteiger partial charge in [0.25, 0.3) is 0 Å². The Balaban J connectivity index is 2.18. The summed E-state index contributed by atoms with van der Waals surface area (Å²) in [6.45, 7) is 2.04. The first kappa shape index (κ1) is 13.7. The maximum absolute atomic E-state index is 6.19. The number of halogens is 2. The standard InChI is InChI=1S/C12H13Cl2N3S/c1-2-11-12(18-17-16-11)10(15)5-7-3-4-8(13)6-9(7)14/h3-4,6,10H,2,5,15H2,1H3. The molecule has 1 heterocycles. The highest BCUT2D eigenvalue weighted by atomic mass is 35.5. The van der Waals surface area contributed by atoms with Crippen molar-refractivity contribution >= 4 is 34.7 Å². The highest BCUT2D eigenvalue weighted by Gasteiger charge is 2.16. The summed E-state index contributed by atoms with van der Waals surface area (Å²) in [6, 6.07) is 5.33. The van der Waals surface area contributed by atoms with Crippen molar-refractivity contribution in [3.8, 4) is 0 Å². The van der Waals surface area contributed by atoms with E-state index in [4.69, 9.17) is 28.9 Å². The predicted molar refractivity (Wildman–Crippen MR) is 76.4 cm³/mol. The van der Waals surface area contributed by atoms with Crippen LogP contribution in [0.15, 0.2) is 18.2 Å². The van der Waals surface area contributed by atoms with Crippen LogP contribution < -0.4 is 5.73 Å². The van der Waals surface area contributed by atoms with Crippen LogP contribution in [0.1, 0.15) is 29.1 Å². The van der Waals surface area contributed by atoms with Gasteiger partial charge in [0.05, 0.1) is 10.6 Å². The molecule has 6 heteroatoms. The van der Waals surface area contributed by atoms with Gasteiger partial charge in [0.2, 0.25) is 0 Å². The number of hydrogen-bond donors (Lipinski definition) is 1. The molecular weight excluding hydrogens is 289 g/mol. The molecule has 0 aliphatic carbocycles. The quantitative estimate of drug-likeness (QED) is 0.938. The normalized spacial score (nSPS) is 12.7. The van der Waals surface area contributed by atoms with Crippen LogP contribution >= 0.6 is 34.7 Å². The summed E-state index contributed by atoms with van der Waals surface area (Å²) in [5.41, 5.74) is 8.15. The van der Waals surface area contributed by atoms with E-state index < -0.39 is 0 Å². The van der Waals surface area contributed by atoms with Crippen LogP contribution in [0.4, 0.5) is 0 Å². The number of aromatic nitrogens is 2. The van der Waals surface area contributed by atoms with Gasteiger partial charge in [-0.15, -0.1) is 5.10 Å². The fraction of sp³-hybridized carbons (Fsp3) is 0.333. The van der Waals surface area contributed by atoms with Gasteiger partial charge >= 0.3 is 0 Å². The minimum absolute atomic E-state index is 0.126. The Bertz CT molecular complexity index is 542. The van der Waals surface area contributed by atoms with Gasteiger partial charge in [-0.05, 0) is 42.1 Å². The number of nitrogens with zero attached hydrogens (tertiary/aromatic N) is 2. The molecule has 1 aromatic heterocycles. The highest BCUT2D eigenvalue weighted by Crippen LogP contribution is 2.27. The highest BCUT2D eigenvalue weighted by molar-refractivity contribution is 7.05. The van der Waals surface area contributed by atoms with E-state index in [-0.39, 0.29) is 6.04 Å². The SMILES string of the molecule is CCc1nnsc1C(N)Cc1ccc(Cl)cc1Cl. The summed E-state index contributed by atoms with van der Waals surface area (Å²) >= 11 is 13.4. The molecule has 1 unspecified atom stereocenters. The Kier molecular flexibility index (Phi) is 4.56. The summed E-state index contributed by atoms with van der Waals surface area (Å²) in [7, 11) is 0. The molecule has 0 fully saturated rings. The van der Waals surface area contributed by atoms with E-state index in [1.807, 2.05) is 19.1 Å². The number of hydrogen-bond acceptors (Lipinski definition) is 4. The lowest BCUT2D eigenvalue weighted by molar-refractivity contribution is 0.722. The molecule has 0 aliphatic rings. The Labute approximate surface area is 120 Å². The van der Waals surface area contributed by atoms with Crippen LogP contribution in [-0.4, -0.2) is 9.59 Å². The van der Waals surface area contributed by atoms with Crippen molar-refractivity contribution in [3.63, 3.8) is 0 Å². The van der Waals surface area contributed by atoms with Gasteiger partial charge in [-0.3, -0.25) is 0 Å². The fourth-order valence-electron chi connectivity index (χ4n) is 1.76. The second-order valence-electron chi connectivity index (χ2n) is 3.98. The maximum Gasteiger partial charge on any atom is 0.0801 e.